The van der Waals surface area contributed by atoms with Crippen molar-refractivity contribution >= 4 is 0 Å². The second kappa shape index (κ2) is 6.44. The summed E-state index contributed by atoms with van der Waals surface area (Å²) < 4.78 is 27.0. The van der Waals surface area contributed by atoms with Gasteiger partial charge in [-0.15, -0.1) is 0 Å². The molecule has 0 aromatic heterocycles. The molecule has 0 bridgehead atoms. The van der Waals surface area contributed by atoms with E-state index in [0.29, 0.717) is 12.0 Å². The van der Waals surface area contributed by atoms with Gasteiger partial charge >= 0.3 is 0 Å². The first kappa shape index (κ1) is 14.4. The Morgan fingerprint density at radius 2 is 1.89 bits per heavy atom. The van der Waals surface area contributed by atoms with E-state index in [4.69, 9.17) is 0 Å². The van der Waals surface area contributed by atoms with Crippen molar-refractivity contribution in [3.63, 3.8) is 0 Å². The maximum Gasteiger partial charge on any atom is 0.131 e. The zero-order chi connectivity index (χ0) is 13.8. The second-order valence-electron chi connectivity index (χ2n) is 5.43. The summed E-state index contributed by atoms with van der Waals surface area (Å²) >= 11 is 0. The summed E-state index contributed by atoms with van der Waals surface area (Å²) in [5.41, 5.74) is -0.238. The van der Waals surface area contributed by atoms with Gasteiger partial charge in [0.05, 0.1) is 11.7 Å². The molecule has 2 nitrogen and oxygen atoms in total. The molecule has 0 aliphatic heterocycles. The molecule has 0 amide bonds. The lowest BCUT2D eigenvalue weighted by molar-refractivity contribution is 0.149. The van der Waals surface area contributed by atoms with E-state index in [2.05, 4.69) is 12.2 Å². The highest BCUT2D eigenvalue weighted by atomic mass is 19.1. The van der Waals surface area contributed by atoms with Gasteiger partial charge < -0.3 is 10.4 Å². The van der Waals surface area contributed by atoms with Gasteiger partial charge in [0.2, 0.25) is 0 Å². The molecule has 1 aliphatic carbocycles. The van der Waals surface area contributed by atoms with Crippen molar-refractivity contribution in [1.82, 2.24) is 5.32 Å². The molecule has 0 radical (unpaired) electrons. The van der Waals surface area contributed by atoms with Crippen LogP contribution in [0.5, 0.6) is 0 Å². The fourth-order valence-corrected chi connectivity index (χ4v) is 2.81. The van der Waals surface area contributed by atoms with Gasteiger partial charge in [0, 0.05) is 12.6 Å². The number of benzene rings is 1. The van der Waals surface area contributed by atoms with Crippen LogP contribution in [0.15, 0.2) is 18.2 Å². The molecule has 1 aliphatic rings. The first-order valence-electron chi connectivity index (χ1n) is 6.95. The van der Waals surface area contributed by atoms with E-state index in [9.17, 15) is 13.9 Å². The lowest BCUT2D eigenvalue weighted by Crippen LogP contribution is -2.39. The molecule has 0 spiro atoms. The highest BCUT2D eigenvalue weighted by Crippen LogP contribution is 2.25. The lowest BCUT2D eigenvalue weighted by Gasteiger charge is -2.30. The van der Waals surface area contributed by atoms with Gasteiger partial charge in [0.15, 0.2) is 0 Å². The molecule has 2 rings (SSSR count). The quantitative estimate of drug-likeness (QED) is 0.880. The van der Waals surface area contributed by atoms with Crippen LogP contribution in [0.4, 0.5) is 8.78 Å². The van der Waals surface area contributed by atoms with E-state index in [1.807, 2.05) is 0 Å². The molecule has 19 heavy (non-hydrogen) atoms. The molecular weight excluding hydrogens is 248 g/mol. The molecule has 2 N–H and O–H groups in total. The topological polar surface area (TPSA) is 32.3 Å². The smallest absolute Gasteiger partial charge is 0.131 e. The monoisotopic (exact) mass is 269 g/mol. The number of hydrogen-bond acceptors (Lipinski definition) is 2. The number of halogens is 2. The van der Waals surface area contributed by atoms with Crippen LogP contribution < -0.4 is 5.32 Å². The summed E-state index contributed by atoms with van der Waals surface area (Å²) in [5.74, 6) is -0.830. The van der Waals surface area contributed by atoms with Crippen molar-refractivity contribution in [3.8, 4) is 0 Å². The molecular formula is C15H21F2NO. The number of aliphatic hydroxyl groups is 1. The van der Waals surface area contributed by atoms with Gasteiger partial charge in [-0.3, -0.25) is 0 Å². The Kier molecular flexibility index (Phi) is 4.88. The third-order valence-corrected chi connectivity index (χ3v) is 4.02. The molecule has 4 heteroatoms. The largest absolute Gasteiger partial charge is 0.387 e. The molecule has 0 heterocycles. The summed E-state index contributed by atoms with van der Waals surface area (Å²) in [6, 6.07) is 3.98. The average molecular weight is 269 g/mol. The molecule has 106 valence electrons. The zero-order valence-electron chi connectivity index (χ0n) is 11.2. The standard InChI is InChI=1S/C15H21F2NO/c1-10-5-2-3-8-13(10)18-9-14(19)15-11(16)6-4-7-12(15)17/h4,6-7,10,13-14,18-19H,2-3,5,8-9H2,1H3. The van der Waals surface area contributed by atoms with E-state index in [1.54, 1.807) is 0 Å². The molecule has 3 unspecified atom stereocenters. The number of rotatable bonds is 4. The summed E-state index contributed by atoms with van der Waals surface area (Å²) in [7, 11) is 0. The maximum absolute atomic E-state index is 13.5. The van der Waals surface area contributed by atoms with E-state index in [-0.39, 0.29) is 12.1 Å². The summed E-state index contributed by atoms with van der Waals surface area (Å²) in [5, 5.41) is 13.2. The minimum atomic E-state index is -1.14. The van der Waals surface area contributed by atoms with E-state index >= 15 is 0 Å². The van der Waals surface area contributed by atoms with Crippen molar-refractivity contribution in [2.24, 2.45) is 5.92 Å². The maximum atomic E-state index is 13.5. The van der Waals surface area contributed by atoms with Crippen molar-refractivity contribution in [1.29, 1.82) is 0 Å². The third-order valence-electron chi connectivity index (χ3n) is 4.02. The van der Waals surface area contributed by atoms with Crippen molar-refractivity contribution in [2.75, 3.05) is 6.54 Å². The van der Waals surface area contributed by atoms with Gasteiger partial charge in [-0.1, -0.05) is 25.8 Å². The summed E-state index contributed by atoms with van der Waals surface area (Å²) in [4.78, 5) is 0. The average Bonchev–Trinajstić information content (AvgIpc) is 2.37. The normalized spacial score (nSPS) is 25.3. The van der Waals surface area contributed by atoms with Crippen molar-refractivity contribution < 1.29 is 13.9 Å². The van der Waals surface area contributed by atoms with E-state index in [0.717, 1.165) is 6.42 Å². The predicted molar refractivity (Wildman–Crippen MR) is 70.7 cm³/mol. The van der Waals surface area contributed by atoms with Crippen molar-refractivity contribution in [3.05, 3.63) is 35.4 Å². The Bertz CT molecular complexity index is 404. The molecule has 1 aromatic rings. The molecule has 1 saturated carbocycles. The number of nitrogens with one attached hydrogen (secondary N) is 1. The van der Waals surface area contributed by atoms with Gasteiger partial charge in [-0.2, -0.15) is 0 Å². The minimum Gasteiger partial charge on any atom is -0.387 e. The van der Waals surface area contributed by atoms with Crippen LogP contribution in [0.25, 0.3) is 0 Å². The number of hydrogen-bond donors (Lipinski definition) is 2. The Balaban J connectivity index is 1.95. The lowest BCUT2D eigenvalue weighted by atomic mass is 9.86. The van der Waals surface area contributed by atoms with E-state index in [1.165, 1.54) is 37.5 Å². The number of aliphatic hydroxyl groups excluding tert-OH is 1. The fourth-order valence-electron chi connectivity index (χ4n) is 2.81. The van der Waals surface area contributed by atoms with Crippen LogP contribution in [0, 0.1) is 17.6 Å². The van der Waals surface area contributed by atoms with Crippen LogP contribution in [0.1, 0.15) is 44.3 Å². The van der Waals surface area contributed by atoms with E-state index < -0.39 is 17.7 Å². The Morgan fingerprint density at radius 3 is 2.53 bits per heavy atom. The van der Waals surface area contributed by atoms with Crippen LogP contribution in [-0.2, 0) is 0 Å². The highest BCUT2D eigenvalue weighted by molar-refractivity contribution is 5.22. The Morgan fingerprint density at radius 1 is 1.26 bits per heavy atom. The summed E-state index contributed by atoms with van der Waals surface area (Å²) in [6.07, 6.45) is 3.50. The first-order chi connectivity index (χ1) is 9.09. The minimum absolute atomic E-state index is 0.187. The predicted octanol–water partition coefficient (Wildman–Crippen LogP) is 3.17. The third kappa shape index (κ3) is 3.51. The summed E-state index contributed by atoms with van der Waals surface area (Å²) in [6.45, 7) is 2.36. The molecule has 3 atom stereocenters. The van der Waals surface area contributed by atoms with Crippen LogP contribution in [-0.4, -0.2) is 17.7 Å². The van der Waals surface area contributed by atoms with Crippen molar-refractivity contribution in [2.45, 2.75) is 44.8 Å². The molecule has 1 aromatic carbocycles. The van der Waals surface area contributed by atoms with Crippen LogP contribution >= 0.6 is 0 Å². The Labute approximate surface area is 112 Å². The molecule has 1 fully saturated rings. The van der Waals surface area contributed by atoms with Gasteiger partial charge in [-0.05, 0) is 30.9 Å². The van der Waals surface area contributed by atoms with Crippen LogP contribution in [0.3, 0.4) is 0 Å². The van der Waals surface area contributed by atoms with Gasteiger partial charge in [-0.25, -0.2) is 8.78 Å². The van der Waals surface area contributed by atoms with Crippen LogP contribution in [0.2, 0.25) is 0 Å². The second-order valence-corrected chi connectivity index (χ2v) is 5.43. The first-order valence-corrected chi connectivity index (χ1v) is 6.95. The zero-order valence-corrected chi connectivity index (χ0v) is 11.2. The Hall–Kier alpha value is -1.00. The highest BCUT2D eigenvalue weighted by Gasteiger charge is 2.23. The van der Waals surface area contributed by atoms with Gasteiger partial charge in [0.1, 0.15) is 11.6 Å². The SMILES string of the molecule is CC1CCCCC1NCC(O)c1c(F)cccc1F. The van der Waals surface area contributed by atoms with Gasteiger partial charge in [0.25, 0.3) is 0 Å². The fraction of sp³-hybridized carbons (Fsp3) is 0.600. The molecule has 0 saturated heterocycles.